The van der Waals surface area contributed by atoms with Crippen LogP contribution in [0.15, 0.2) is 54.7 Å². The molecule has 2 fully saturated rings. The molecule has 0 N–H and O–H groups in total. The molecule has 1 saturated carbocycles. The van der Waals surface area contributed by atoms with Crippen LogP contribution in [-0.4, -0.2) is 65.5 Å². The summed E-state index contributed by atoms with van der Waals surface area (Å²) in [5.41, 5.74) is 2.03. The summed E-state index contributed by atoms with van der Waals surface area (Å²) in [6.45, 7) is 3.49. The molecule has 2 aromatic carbocycles. The van der Waals surface area contributed by atoms with Crippen molar-refractivity contribution in [2.45, 2.75) is 31.7 Å². The monoisotopic (exact) mass is 431 g/mol. The zero-order valence-corrected chi connectivity index (χ0v) is 18.5. The Morgan fingerprint density at radius 2 is 1.62 bits per heavy atom. The van der Waals surface area contributed by atoms with Gasteiger partial charge < -0.3 is 9.64 Å². The van der Waals surface area contributed by atoms with Crippen LogP contribution in [0.25, 0.3) is 10.9 Å². The number of carbonyl (C=O) groups excluding carboxylic acids is 2. The summed E-state index contributed by atoms with van der Waals surface area (Å²) in [7, 11) is 1.59. The van der Waals surface area contributed by atoms with Crippen LogP contribution in [0.5, 0.6) is 5.75 Å². The number of aromatic nitrogens is 1. The molecule has 1 aromatic heterocycles. The highest BCUT2D eigenvalue weighted by Crippen LogP contribution is 2.25. The van der Waals surface area contributed by atoms with Crippen LogP contribution in [0.2, 0.25) is 0 Å². The summed E-state index contributed by atoms with van der Waals surface area (Å²) < 4.78 is 6.86. The highest BCUT2D eigenvalue weighted by Gasteiger charge is 2.28. The summed E-state index contributed by atoms with van der Waals surface area (Å²) in [6, 6.07) is 15.3. The summed E-state index contributed by atoms with van der Waals surface area (Å²) in [5.74, 6) is 0.596. The van der Waals surface area contributed by atoms with Crippen LogP contribution in [0.3, 0.4) is 0 Å². The van der Waals surface area contributed by atoms with Crippen molar-refractivity contribution in [1.29, 1.82) is 0 Å². The first-order valence-electron chi connectivity index (χ1n) is 11.5. The molecule has 32 heavy (non-hydrogen) atoms. The van der Waals surface area contributed by atoms with Crippen LogP contribution >= 0.6 is 0 Å². The van der Waals surface area contributed by atoms with Gasteiger partial charge in [0.2, 0.25) is 0 Å². The quantitative estimate of drug-likeness (QED) is 0.626. The second kappa shape index (κ2) is 8.79. The number of hydrogen-bond donors (Lipinski definition) is 0. The van der Waals surface area contributed by atoms with Crippen molar-refractivity contribution >= 4 is 22.7 Å². The Morgan fingerprint density at radius 1 is 0.875 bits per heavy atom. The Labute approximate surface area is 188 Å². The predicted molar refractivity (Wildman–Crippen MR) is 124 cm³/mol. The highest BCUT2D eigenvalue weighted by molar-refractivity contribution is 6.04. The predicted octanol–water partition coefficient (Wildman–Crippen LogP) is 4.04. The Morgan fingerprint density at radius 3 is 2.38 bits per heavy atom. The highest BCUT2D eigenvalue weighted by atomic mass is 16.5. The zero-order chi connectivity index (χ0) is 22.1. The summed E-state index contributed by atoms with van der Waals surface area (Å²) in [4.78, 5) is 30.7. The number of fused-ring (bicyclic) bond motifs is 1. The number of rotatable bonds is 4. The average molecular weight is 432 g/mol. The van der Waals surface area contributed by atoms with Crippen molar-refractivity contribution in [2.75, 3.05) is 33.3 Å². The van der Waals surface area contributed by atoms with E-state index < -0.39 is 0 Å². The standard InChI is InChI=1S/C26H29N3O3/c1-32-23-8-4-5-20(18-23)26(31)29-12-11-19-17-21(9-10-24(19)29)25(30)28-15-13-27(14-16-28)22-6-2-3-7-22/h4-5,8-12,17-18,22H,2-3,6-7,13-16H2,1H3. The van der Waals surface area contributed by atoms with Crippen molar-refractivity contribution in [3.05, 3.63) is 65.9 Å². The minimum absolute atomic E-state index is 0.0739. The largest absolute Gasteiger partial charge is 0.497 e. The van der Waals surface area contributed by atoms with Gasteiger partial charge in [0.05, 0.1) is 12.6 Å². The maximum atomic E-state index is 13.1. The van der Waals surface area contributed by atoms with Gasteiger partial charge in [-0.05, 0) is 55.3 Å². The van der Waals surface area contributed by atoms with E-state index in [1.807, 2.05) is 35.2 Å². The first-order valence-corrected chi connectivity index (χ1v) is 11.5. The number of carbonyl (C=O) groups is 2. The number of methoxy groups -OCH3 is 1. The molecular formula is C26H29N3O3. The molecule has 1 aliphatic heterocycles. The fraction of sp³-hybridized carbons (Fsp3) is 0.385. The smallest absolute Gasteiger partial charge is 0.262 e. The van der Waals surface area contributed by atoms with Gasteiger partial charge in [0.15, 0.2) is 0 Å². The van der Waals surface area contributed by atoms with E-state index in [4.69, 9.17) is 4.74 Å². The Hall–Kier alpha value is -3.12. The number of amides is 1. The molecule has 5 rings (SSSR count). The van der Waals surface area contributed by atoms with Crippen LogP contribution in [-0.2, 0) is 0 Å². The van der Waals surface area contributed by atoms with Gasteiger partial charge in [-0.3, -0.25) is 19.1 Å². The van der Waals surface area contributed by atoms with Gasteiger partial charge in [-0.25, -0.2) is 0 Å². The van der Waals surface area contributed by atoms with Crippen LogP contribution in [0, 0.1) is 0 Å². The summed E-state index contributed by atoms with van der Waals surface area (Å²) >= 11 is 0. The second-order valence-electron chi connectivity index (χ2n) is 8.76. The molecule has 2 aliphatic rings. The van der Waals surface area contributed by atoms with E-state index in [0.29, 0.717) is 22.9 Å². The molecule has 6 heteroatoms. The maximum Gasteiger partial charge on any atom is 0.262 e. The normalized spacial score (nSPS) is 17.7. The lowest BCUT2D eigenvalue weighted by atomic mass is 10.1. The van der Waals surface area contributed by atoms with E-state index in [0.717, 1.165) is 37.1 Å². The molecule has 0 bridgehead atoms. The first kappa shape index (κ1) is 20.8. The van der Waals surface area contributed by atoms with Gasteiger partial charge in [-0.1, -0.05) is 18.9 Å². The van der Waals surface area contributed by atoms with Gasteiger partial charge in [-0.15, -0.1) is 0 Å². The SMILES string of the molecule is COc1cccc(C(=O)n2ccc3cc(C(=O)N4CCN(C5CCCC5)CC4)ccc32)c1. The Balaban J connectivity index is 1.31. The van der Waals surface area contributed by atoms with Gasteiger partial charge >= 0.3 is 0 Å². The Kier molecular flexibility index (Phi) is 5.70. The molecule has 1 amide bonds. The number of nitrogens with zero attached hydrogens (tertiary/aromatic N) is 3. The molecular weight excluding hydrogens is 402 g/mol. The Bertz CT molecular complexity index is 1140. The lowest BCUT2D eigenvalue weighted by Crippen LogP contribution is -2.51. The summed E-state index contributed by atoms with van der Waals surface area (Å²) in [5, 5.41) is 0.886. The fourth-order valence-electron chi connectivity index (χ4n) is 5.09. The third kappa shape index (κ3) is 3.91. The number of hydrogen-bond acceptors (Lipinski definition) is 4. The minimum Gasteiger partial charge on any atom is -0.497 e. The molecule has 0 unspecified atom stereocenters. The third-order valence-electron chi connectivity index (χ3n) is 6.92. The topological polar surface area (TPSA) is 54.8 Å². The van der Waals surface area contributed by atoms with Crippen molar-refractivity contribution in [3.8, 4) is 5.75 Å². The molecule has 166 valence electrons. The van der Waals surface area contributed by atoms with Crippen molar-refractivity contribution < 1.29 is 14.3 Å². The molecule has 1 saturated heterocycles. The van der Waals surface area contributed by atoms with E-state index >= 15 is 0 Å². The van der Waals surface area contributed by atoms with Crippen LogP contribution in [0.4, 0.5) is 0 Å². The molecule has 2 heterocycles. The van der Waals surface area contributed by atoms with E-state index in [9.17, 15) is 9.59 Å². The van der Waals surface area contributed by atoms with Gasteiger partial charge in [0.1, 0.15) is 5.75 Å². The summed E-state index contributed by atoms with van der Waals surface area (Å²) in [6.07, 6.45) is 7.04. The minimum atomic E-state index is -0.124. The second-order valence-corrected chi connectivity index (χ2v) is 8.76. The third-order valence-corrected chi connectivity index (χ3v) is 6.92. The lowest BCUT2D eigenvalue weighted by molar-refractivity contribution is 0.0573. The van der Waals surface area contributed by atoms with E-state index in [1.165, 1.54) is 25.7 Å². The maximum absolute atomic E-state index is 13.1. The zero-order valence-electron chi connectivity index (χ0n) is 18.5. The van der Waals surface area contributed by atoms with Crippen molar-refractivity contribution in [3.63, 3.8) is 0 Å². The van der Waals surface area contributed by atoms with E-state index in [2.05, 4.69) is 4.90 Å². The first-order chi connectivity index (χ1) is 15.6. The number of piperazine rings is 1. The van der Waals surface area contributed by atoms with Gasteiger partial charge in [0, 0.05) is 54.9 Å². The molecule has 3 aromatic rings. The average Bonchev–Trinajstić information content (AvgIpc) is 3.53. The fourth-order valence-corrected chi connectivity index (χ4v) is 5.09. The van der Waals surface area contributed by atoms with Crippen LogP contribution < -0.4 is 4.74 Å². The van der Waals surface area contributed by atoms with Gasteiger partial charge in [0.25, 0.3) is 11.8 Å². The van der Waals surface area contributed by atoms with Gasteiger partial charge in [-0.2, -0.15) is 0 Å². The van der Waals surface area contributed by atoms with E-state index in [-0.39, 0.29) is 11.8 Å². The molecule has 1 aliphatic carbocycles. The number of benzene rings is 2. The molecule has 0 radical (unpaired) electrons. The lowest BCUT2D eigenvalue weighted by Gasteiger charge is -2.38. The van der Waals surface area contributed by atoms with Crippen molar-refractivity contribution in [1.82, 2.24) is 14.4 Å². The number of ether oxygens (including phenoxy) is 1. The van der Waals surface area contributed by atoms with Crippen molar-refractivity contribution in [2.24, 2.45) is 0 Å². The van der Waals surface area contributed by atoms with E-state index in [1.54, 1.807) is 36.1 Å². The molecule has 0 spiro atoms. The molecule has 0 atom stereocenters. The molecule has 6 nitrogen and oxygen atoms in total. The van der Waals surface area contributed by atoms with Crippen LogP contribution in [0.1, 0.15) is 46.4 Å².